The van der Waals surface area contributed by atoms with Crippen molar-refractivity contribution in [2.24, 2.45) is 0 Å². The molecule has 1 aliphatic carbocycles. The van der Waals surface area contributed by atoms with E-state index >= 15 is 4.39 Å². The van der Waals surface area contributed by atoms with E-state index in [1.807, 2.05) is 25.3 Å². The second-order valence-electron chi connectivity index (χ2n) is 9.17. The van der Waals surface area contributed by atoms with Crippen LogP contribution in [-0.4, -0.2) is 19.7 Å². The number of rotatable bonds is 2. The summed E-state index contributed by atoms with van der Waals surface area (Å²) in [7, 11) is 0. The molecule has 6 heteroatoms. The van der Waals surface area contributed by atoms with Crippen LogP contribution in [0.1, 0.15) is 55.4 Å². The van der Waals surface area contributed by atoms with Crippen molar-refractivity contribution < 1.29 is 4.39 Å². The molecule has 2 N–H and O–H groups in total. The Morgan fingerprint density at radius 1 is 1.17 bits per heavy atom. The van der Waals surface area contributed by atoms with Crippen LogP contribution in [0.3, 0.4) is 0 Å². The molecular formula is C24H24FN5. The Bertz CT molecular complexity index is 1340. The summed E-state index contributed by atoms with van der Waals surface area (Å²) >= 11 is 0. The molecule has 1 fully saturated rings. The van der Waals surface area contributed by atoms with E-state index in [2.05, 4.69) is 51.9 Å². The maximum absolute atomic E-state index is 15.8. The van der Waals surface area contributed by atoms with E-state index < -0.39 is 5.54 Å². The van der Waals surface area contributed by atoms with Crippen molar-refractivity contribution in [3.8, 4) is 16.8 Å². The van der Waals surface area contributed by atoms with Gasteiger partial charge in [0.2, 0.25) is 0 Å². The average Bonchev–Trinajstić information content (AvgIpc) is 3.36. The van der Waals surface area contributed by atoms with Crippen molar-refractivity contribution in [2.75, 3.05) is 5.32 Å². The molecule has 1 saturated carbocycles. The molecule has 152 valence electrons. The molecule has 0 bridgehead atoms. The molecule has 0 radical (unpaired) electrons. The number of halogens is 1. The molecule has 5 nitrogen and oxygen atoms in total. The van der Waals surface area contributed by atoms with Crippen LogP contribution in [-0.2, 0) is 5.54 Å². The van der Waals surface area contributed by atoms with Gasteiger partial charge in [-0.25, -0.2) is 4.39 Å². The molecule has 4 aromatic rings. The first kappa shape index (κ1) is 17.7. The molecule has 0 amide bonds. The first-order chi connectivity index (χ1) is 14.4. The smallest absolute Gasteiger partial charge is 0.162 e. The average molecular weight is 401 g/mol. The number of benzene rings is 2. The number of fused-ring (bicyclic) bond motifs is 4. The Kier molecular flexibility index (Phi) is 3.37. The number of aromatic nitrogens is 4. The largest absolute Gasteiger partial charge is 0.371 e. The van der Waals surface area contributed by atoms with E-state index in [4.69, 9.17) is 0 Å². The Labute approximate surface area is 174 Å². The topological polar surface area (TPSA) is 58.5 Å². The molecule has 2 aromatic carbocycles. The fraction of sp³-hybridized carbons (Fsp3) is 0.333. The van der Waals surface area contributed by atoms with Crippen LogP contribution in [0.2, 0.25) is 0 Å². The van der Waals surface area contributed by atoms with Crippen LogP contribution >= 0.6 is 0 Å². The summed E-state index contributed by atoms with van der Waals surface area (Å²) in [4.78, 5) is 3.37. The Balaban J connectivity index is 1.73. The third-order valence-electron chi connectivity index (χ3n) is 6.52. The lowest BCUT2D eigenvalue weighted by molar-refractivity contribution is 0.531. The van der Waals surface area contributed by atoms with Gasteiger partial charge >= 0.3 is 0 Å². The number of hydrogen-bond acceptors (Lipinski definition) is 3. The molecular weight excluding hydrogens is 377 g/mol. The lowest BCUT2D eigenvalue weighted by Gasteiger charge is -2.35. The second-order valence-corrected chi connectivity index (χ2v) is 9.17. The minimum atomic E-state index is -0.431. The van der Waals surface area contributed by atoms with Crippen LogP contribution in [0.25, 0.3) is 27.7 Å². The zero-order valence-electron chi connectivity index (χ0n) is 17.6. The third-order valence-corrected chi connectivity index (χ3v) is 6.52. The van der Waals surface area contributed by atoms with Crippen molar-refractivity contribution in [3.05, 3.63) is 59.1 Å². The van der Waals surface area contributed by atoms with Crippen LogP contribution < -0.4 is 5.32 Å². The number of aromatic amines is 1. The summed E-state index contributed by atoms with van der Waals surface area (Å²) in [5, 5.41) is 13.5. The molecule has 1 aliphatic heterocycles. The molecule has 0 saturated heterocycles. The zero-order chi connectivity index (χ0) is 20.8. The summed E-state index contributed by atoms with van der Waals surface area (Å²) in [5.41, 5.74) is 6.22. The predicted molar refractivity (Wildman–Crippen MR) is 117 cm³/mol. The maximum Gasteiger partial charge on any atom is 0.162 e. The molecule has 2 aliphatic rings. The summed E-state index contributed by atoms with van der Waals surface area (Å²) < 4.78 is 17.9. The highest BCUT2D eigenvalue weighted by molar-refractivity contribution is 5.98. The van der Waals surface area contributed by atoms with E-state index in [-0.39, 0.29) is 5.82 Å². The summed E-state index contributed by atoms with van der Waals surface area (Å²) in [6, 6.07) is 7.78. The minimum absolute atomic E-state index is 0.187. The molecule has 2 aromatic heterocycles. The minimum Gasteiger partial charge on any atom is -0.371 e. The molecule has 30 heavy (non-hydrogen) atoms. The molecule has 0 unspecified atom stereocenters. The zero-order valence-corrected chi connectivity index (χ0v) is 17.6. The fourth-order valence-corrected chi connectivity index (χ4v) is 4.97. The number of hydrogen-bond donors (Lipinski definition) is 2. The second kappa shape index (κ2) is 5.72. The first-order valence-corrected chi connectivity index (χ1v) is 10.5. The summed E-state index contributed by atoms with van der Waals surface area (Å²) in [6.45, 7) is 8.16. The number of aryl methyl sites for hydroxylation is 2. The van der Waals surface area contributed by atoms with Gasteiger partial charge in [0, 0.05) is 22.7 Å². The third kappa shape index (κ3) is 2.27. The van der Waals surface area contributed by atoms with Crippen LogP contribution in [0.4, 0.5) is 10.1 Å². The van der Waals surface area contributed by atoms with Gasteiger partial charge in [0.05, 0.1) is 22.4 Å². The Hall–Kier alpha value is -3.15. The molecule has 0 spiro atoms. The van der Waals surface area contributed by atoms with Gasteiger partial charge in [0.15, 0.2) is 5.82 Å². The molecule has 6 rings (SSSR count). The van der Waals surface area contributed by atoms with Gasteiger partial charge in [-0.05, 0) is 63.6 Å². The van der Waals surface area contributed by atoms with Gasteiger partial charge in [0.1, 0.15) is 11.6 Å². The van der Waals surface area contributed by atoms with Gasteiger partial charge in [-0.3, -0.25) is 4.57 Å². The Morgan fingerprint density at radius 3 is 2.73 bits per heavy atom. The van der Waals surface area contributed by atoms with E-state index in [0.29, 0.717) is 11.5 Å². The maximum atomic E-state index is 15.8. The van der Waals surface area contributed by atoms with Crippen molar-refractivity contribution in [3.63, 3.8) is 0 Å². The van der Waals surface area contributed by atoms with Gasteiger partial charge in [-0.2, -0.15) is 0 Å². The van der Waals surface area contributed by atoms with E-state index in [9.17, 15) is 0 Å². The standard InChI is InChI=1S/C24H24FN5/c1-12-11-26-21-15(12)6-5-7-16(21)20-17(25)10-18-22(19(20)14-8-9-14)30-13(2)28-29-23(30)24(3,4)27-18/h5-7,10-11,14,26-27H,8-9H2,1-4H3. The van der Waals surface area contributed by atoms with Crippen molar-refractivity contribution in [1.29, 1.82) is 0 Å². The van der Waals surface area contributed by atoms with Gasteiger partial charge in [-0.1, -0.05) is 18.2 Å². The fourth-order valence-electron chi connectivity index (χ4n) is 4.97. The van der Waals surface area contributed by atoms with Crippen molar-refractivity contribution in [1.82, 2.24) is 19.7 Å². The Morgan fingerprint density at radius 2 is 1.97 bits per heavy atom. The molecule has 0 atom stereocenters. The quantitative estimate of drug-likeness (QED) is 0.452. The number of H-pyrrole nitrogens is 1. The number of anilines is 1. The van der Waals surface area contributed by atoms with E-state index in [0.717, 1.165) is 57.9 Å². The lowest BCUT2D eigenvalue weighted by Crippen LogP contribution is -2.36. The number of para-hydroxylation sites is 1. The van der Waals surface area contributed by atoms with Gasteiger partial charge < -0.3 is 10.3 Å². The highest BCUT2D eigenvalue weighted by Crippen LogP contribution is 2.53. The van der Waals surface area contributed by atoms with E-state index in [1.54, 1.807) is 6.07 Å². The summed E-state index contributed by atoms with van der Waals surface area (Å²) in [6.07, 6.45) is 4.14. The lowest BCUT2D eigenvalue weighted by atomic mass is 9.89. The van der Waals surface area contributed by atoms with Crippen LogP contribution in [0.5, 0.6) is 0 Å². The monoisotopic (exact) mass is 401 g/mol. The van der Waals surface area contributed by atoms with Crippen molar-refractivity contribution in [2.45, 2.75) is 52.0 Å². The predicted octanol–water partition coefficient (Wildman–Crippen LogP) is 5.71. The highest BCUT2D eigenvalue weighted by Gasteiger charge is 2.40. The first-order valence-electron chi connectivity index (χ1n) is 10.5. The van der Waals surface area contributed by atoms with E-state index in [1.165, 1.54) is 5.56 Å². The number of nitrogens with one attached hydrogen (secondary N) is 2. The van der Waals surface area contributed by atoms with Gasteiger partial charge in [0.25, 0.3) is 0 Å². The van der Waals surface area contributed by atoms with Crippen molar-refractivity contribution >= 4 is 16.6 Å². The van der Waals surface area contributed by atoms with Crippen LogP contribution in [0.15, 0.2) is 30.5 Å². The summed E-state index contributed by atoms with van der Waals surface area (Å²) in [5.74, 6) is 1.84. The number of nitrogens with zero attached hydrogens (tertiary/aromatic N) is 3. The van der Waals surface area contributed by atoms with Gasteiger partial charge in [-0.15, -0.1) is 10.2 Å². The van der Waals surface area contributed by atoms with Crippen LogP contribution in [0, 0.1) is 19.7 Å². The highest BCUT2D eigenvalue weighted by atomic mass is 19.1. The SMILES string of the molecule is Cc1c[nH]c2c(-c3c(F)cc4c(c3C3CC3)-n3c(C)nnc3C(C)(C)N4)cccc12. The normalized spacial score (nSPS) is 17.0. The molecule has 3 heterocycles.